The summed E-state index contributed by atoms with van der Waals surface area (Å²) in [4.78, 5) is 29.3. The van der Waals surface area contributed by atoms with Crippen molar-refractivity contribution in [3.8, 4) is 0 Å². The van der Waals surface area contributed by atoms with Gasteiger partial charge < -0.3 is 19.1 Å². The van der Waals surface area contributed by atoms with Crippen LogP contribution in [0.4, 0.5) is 0 Å². The molecule has 0 radical (unpaired) electrons. The molecular weight excluding hydrogens is 403 g/mol. The lowest BCUT2D eigenvalue weighted by molar-refractivity contribution is -0.130. The maximum Gasteiger partial charge on any atom is 0.494 e. The van der Waals surface area contributed by atoms with Gasteiger partial charge in [0, 0.05) is 44.1 Å². The van der Waals surface area contributed by atoms with Crippen LogP contribution in [0.2, 0.25) is 0 Å². The van der Waals surface area contributed by atoms with Gasteiger partial charge in [0.1, 0.15) is 0 Å². The number of hydrogen-bond donors (Lipinski definition) is 0. The number of carbonyl (C=O) groups excluding carboxylic acids is 2. The zero-order chi connectivity index (χ0) is 22.9. The first-order chi connectivity index (χ1) is 15.0. The second kappa shape index (κ2) is 7.32. The molecule has 1 aromatic carbocycles. The minimum atomic E-state index is -0.408. The third-order valence-corrected chi connectivity index (χ3v) is 8.45. The number of benzene rings is 1. The van der Waals surface area contributed by atoms with Crippen LogP contribution in [0, 0.1) is 5.92 Å². The molecule has 1 atom stereocenters. The Balaban J connectivity index is 1.37. The average molecular weight is 438 g/mol. The summed E-state index contributed by atoms with van der Waals surface area (Å²) < 4.78 is 12.5. The summed E-state index contributed by atoms with van der Waals surface area (Å²) in [5, 5.41) is 0. The smallest absolute Gasteiger partial charge is 0.399 e. The maximum atomic E-state index is 13.4. The standard InChI is InChI=1S/C25H35BN2O4/c1-17(29)27-12-6-7-18(14-27)15-28-16-25(10-11-25)21-13-19(8-9-20(21)22(28)30)26-31-23(2,3)24(4,5)32-26/h8-9,13,18H,6-7,10-12,14-16H2,1-5H3. The molecule has 172 valence electrons. The molecule has 5 rings (SSSR count). The first-order valence-corrected chi connectivity index (χ1v) is 12.1. The number of hydrogen-bond acceptors (Lipinski definition) is 4. The summed E-state index contributed by atoms with van der Waals surface area (Å²) >= 11 is 0. The molecule has 0 N–H and O–H groups in total. The van der Waals surface area contributed by atoms with Gasteiger partial charge >= 0.3 is 7.12 Å². The van der Waals surface area contributed by atoms with Crippen molar-refractivity contribution in [2.45, 2.75) is 76.9 Å². The van der Waals surface area contributed by atoms with E-state index in [-0.39, 0.29) is 28.4 Å². The van der Waals surface area contributed by atoms with E-state index in [0.29, 0.717) is 5.92 Å². The molecule has 32 heavy (non-hydrogen) atoms. The van der Waals surface area contributed by atoms with Gasteiger partial charge in [0.2, 0.25) is 5.91 Å². The van der Waals surface area contributed by atoms with Gasteiger partial charge in [-0.1, -0.05) is 12.1 Å². The maximum absolute atomic E-state index is 13.4. The van der Waals surface area contributed by atoms with Gasteiger partial charge in [-0.2, -0.15) is 0 Å². The lowest BCUT2D eigenvalue weighted by atomic mass is 9.74. The van der Waals surface area contributed by atoms with Gasteiger partial charge in [0.05, 0.1) is 11.2 Å². The van der Waals surface area contributed by atoms with Gasteiger partial charge in [0.25, 0.3) is 5.91 Å². The minimum Gasteiger partial charge on any atom is -0.399 e. The van der Waals surface area contributed by atoms with Crippen LogP contribution in [-0.4, -0.2) is 66.1 Å². The Kier molecular flexibility index (Phi) is 5.03. The summed E-state index contributed by atoms with van der Waals surface area (Å²) in [6, 6.07) is 6.14. The van der Waals surface area contributed by atoms with Gasteiger partial charge in [-0.3, -0.25) is 9.59 Å². The van der Waals surface area contributed by atoms with E-state index in [2.05, 4.69) is 38.7 Å². The Morgan fingerprint density at radius 1 is 1.16 bits per heavy atom. The average Bonchev–Trinajstić information content (AvgIpc) is 3.46. The second-order valence-corrected chi connectivity index (χ2v) is 11.3. The number of piperidine rings is 1. The van der Waals surface area contributed by atoms with E-state index in [1.54, 1.807) is 6.92 Å². The van der Waals surface area contributed by atoms with Crippen LogP contribution in [0.25, 0.3) is 0 Å². The van der Waals surface area contributed by atoms with Gasteiger partial charge in [0.15, 0.2) is 0 Å². The van der Waals surface area contributed by atoms with Crippen LogP contribution < -0.4 is 5.46 Å². The molecular formula is C25H35BN2O4. The Bertz CT molecular complexity index is 939. The van der Waals surface area contributed by atoms with Crippen LogP contribution in [-0.2, 0) is 19.5 Å². The summed E-state index contributed by atoms with van der Waals surface area (Å²) in [6.45, 7) is 13.0. The Hall–Kier alpha value is -1.86. The van der Waals surface area contributed by atoms with Crippen LogP contribution in [0.5, 0.6) is 0 Å². The highest BCUT2D eigenvalue weighted by Gasteiger charge is 2.54. The van der Waals surface area contributed by atoms with Gasteiger partial charge in [-0.25, -0.2) is 0 Å². The zero-order valence-electron chi connectivity index (χ0n) is 20.1. The number of amides is 2. The zero-order valence-corrected chi connectivity index (χ0v) is 20.1. The third kappa shape index (κ3) is 3.58. The van der Waals surface area contributed by atoms with E-state index in [1.165, 1.54) is 5.56 Å². The molecule has 1 spiro atoms. The largest absolute Gasteiger partial charge is 0.494 e. The molecule has 1 saturated carbocycles. The van der Waals surface area contributed by atoms with Crippen molar-refractivity contribution >= 4 is 24.4 Å². The number of rotatable bonds is 3. The molecule has 0 aromatic heterocycles. The highest BCUT2D eigenvalue weighted by atomic mass is 16.7. The van der Waals surface area contributed by atoms with Crippen LogP contribution in [0.3, 0.4) is 0 Å². The van der Waals surface area contributed by atoms with E-state index < -0.39 is 7.12 Å². The molecule has 2 amide bonds. The van der Waals surface area contributed by atoms with Crippen LogP contribution >= 0.6 is 0 Å². The Morgan fingerprint density at radius 2 is 1.84 bits per heavy atom. The van der Waals surface area contributed by atoms with Gasteiger partial charge in [-0.05, 0) is 76.4 Å². The fraction of sp³-hybridized carbons (Fsp3) is 0.680. The molecule has 2 saturated heterocycles. The van der Waals surface area contributed by atoms with E-state index in [0.717, 1.165) is 62.9 Å². The van der Waals surface area contributed by atoms with Crippen molar-refractivity contribution in [1.82, 2.24) is 9.80 Å². The van der Waals surface area contributed by atoms with Crippen molar-refractivity contribution in [2.24, 2.45) is 5.92 Å². The first kappa shape index (κ1) is 22.0. The van der Waals surface area contributed by atoms with E-state index in [9.17, 15) is 9.59 Å². The number of likely N-dealkylation sites (tertiary alicyclic amines) is 1. The predicted octanol–water partition coefficient (Wildman–Crippen LogP) is 2.73. The first-order valence-electron chi connectivity index (χ1n) is 12.1. The lowest BCUT2D eigenvalue weighted by Crippen LogP contribution is -2.49. The Morgan fingerprint density at radius 3 is 2.47 bits per heavy atom. The summed E-state index contributed by atoms with van der Waals surface area (Å²) in [7, 11) is -0.408. The Labute approximate surface area is 191 Å². The summed E-state index contributed by atoms with van der Waals surface area (Å²) in [6.07, 6.45) is 4.32. The molecule has 3 aliphatic heterocycles. The number of fused-ring (bicyclic) bond motifs is 2. The molecule has 3 heterocycles. The van der Waals surface area contributed by atoms with Crippen molar-refractivity contribution in [3.63, 3.8) is 0 Å². The van der Waals surface area contributed by atoms with Crippen molar-refractivity contribution in [2.75, 3.05) is 26.2 Å². The number of carbonyl (C=O) groups is 2. The monoisotopic (exact) mass is 438 g/mol. The lowest BCUT2D eigenvalue weighted by Gasteiger charge is -2.39. The van der Waals surface area contributed by atoms with Crippen molar-refractivity contribution in [1.29, 1.82) is 0 Å². The normalized spacial score (nSPS) is 27.6. The fourth-order valence-corrected chi connectivity index (χ4v) is 5.54. The second-order valence-electron chi connectivity index (χ2n) is 11.3. The summed E-state index contributed by atoms with van der Waals surface area (Å²) in [5.74, 6) is 0.620. The van der Waals surface area contributed by atoms with E-state index >= 15 is 0 Å². The summed E-state index contributed by atoms with van der Waals surface area (Å²) in [5.41, 5.74) is 2.29. The molecule has 6 nitrogen and oxygen atoms in total. The molecule has 0 bridgehead atoms. The van der Waals surface area contributed by atoms with Crippen molar-refractivity contribution < 1.29 is 18.9 Å². The molecule has 7 heteroatoms. The molecule has 1 unspecified atom stereocenters. The van der Waals surface area contributed by atoms with Crippen molar-refractivity contribution in [3.05, 3.63) is 29.3 Å². The predicted molar refractivity (Wildman–Crippen MR) is 124 cm³/mol. The minimum absolute atomic E-state index is 0.0673. The van der Waals surface area contributed by atoms with E-state index in [4.69, 9.17) is 9.31 Å². The molecule has 1 aliphatic carbocycles. The molecule has 3 fully saturated rings. The highest BCUT2D eigenvalue weighted by Crippen LogP contribution is 2.52. The fourth-order valence-electron chi connectivity index (χ4n) is 5.54. The molecule has 4 aliphatic rings. The van der Waals surface area contributed by atoms with Gasteiger partial charge in [-0.15, -0.1) is 0 Å². The topological polar surface area (TPSA) is 59.1 Å². The quantitative estimate of drug-likeness (QED) is 0.682. The number of nitrogens with zero attached hydrogens (tertiary/aromatic N) is 2. The SMILES string of the molecule is CC(=O)N1CCCC(CN2CC3(CC3)c3cc(B4OC(C)(C)C(C)(C)O4)ccc3C2=O)C1. The third-order valence-electron chi connectivity index (χ3n) is 8.45. The highest BCUT2D eigenvalue weighted by molar-refractivity contribution is 6.62. The van der Waals surface area contributed by atoms with Crippen LogP contribution in [0.15, 0.2) is 18.2 Å². The van der Waals surface area contributed by atoms with Crippen LogP contribution in [0.1, 0.15) is 76.2 Å². The van der Waals surface area contributed by atoms with E-state index in [1.807, 2.05) is 17.0 Å². The molecule has 1 aromatic rings.